The van der Waals surface area contributed by atoms with Crippen LogP contribution in [0.2, 0.25) is 10.0 Å². The van der Waals surface area contributed by atoms with Gasteiger partial charge in [0.25, 0.3) is 5.91 Å². The molecule has 2 atom stereocenters. The molecule has 0 saturated heterocycles. The van der Waals surface area contributed by atoms with E-state index in [1.807, 2.05) is 0 Å². The van der Waals surface area contributed by atoms with E-state index in [0.29, 0.717) is 31.6 Å². The maximum Gasteiger partial charge on any atom is 0.259 e. The van der Waals surface area contributed by atoms with E-state index in [1.54, 1.807) is 25.1 Å². The predicted molar refractivity (Wildman–Crippen MR) is 134 cm³/mol. The number of halogens is 6. The van der Waals surface area contributed by atoms with E-state index < -0.39 is 39.6 Å². The van der Waals surface area contributed by atoms with Gasteiger partial charge < -0.3 is 10.2 Å². The first-order valence-electron chi connectivity index (χ1n) is 9.88. The number of benzene rings is 2. The molecule has 4 rings (SSSR count). The van der Waals surface area contributed by atoms with Gasteiger partial charge in [-0.15, -0.1) is 34.5 Å². The molecule has 0 aliphatic heterocycles. The number of rotatable bonds is 5. The fourth-order valence-corrected chi connectivity index (χ4v) is 6.11. The van der Waals surface area contributed by atoms with Crippen molar-refractivity contribution in [2.45, 2.75) is 17.2 Å². The van der Waals surface area contributed by atoms with Crippen LogP contribution >= 0.6 is 57.7 Å². The van der Waals surface area contributed by atoms with Crippen molar-refractivity contribution < 1.29 is 18.4 Å². The molecule has 1 saturated carbocycles. The molecule has 1 heterocycles. The van der Waals surface area contributed by atoms with Gasteiger partial charge in [-0.3, -0.25) is 9.59 Å². The fraction of sp³-hybridized carbons (Fsp3) is 0.217. The van der Waals surface area contributed by atoms with Gasteiger partial charge in [-0.25, -0.2) is 8.78 Å². The first kappa shape index (κ1) is 25.2. The Bertz CT molecular complexity index is 1290. The van der Waals surface area contributed by atoms with Crippen molar-refractivity contribution in [3.8, 4) is 0 Å². The van der Waals surface area contributed by atoms with Crippen molar-refractivity contribution in [2.75, 3.05) is 17.3 Å². The van der Waals surface area contributed by atoms with Gasteiger partial charge in [-0.1, -0.05) is 23.2 Å². The van der Waals surface area contributed by atoms with E-state index in [2.05, 4.69) is 5.32 Å². The summed E-state index contributed by atoms with van der Waals surface area (Å²) in [5.74, 6) is -3.82. The zero-order chi connectivity index (χ0) is 24.9. The van der Waals surface area contributed by atoms with Gasteiger partial charge in [0.2, 0.25) is 5.91 Å². The lowest BCUT2D eigenvalue weighted by Crippen LogP contribution is -2.27. The molecule has 1 aromatic heterocycles. The summed E-state index contributed by atoms with van der Waals surface area (Å²) in [7, 11) is 1.38. The minimum Gasteiger partial charge on any atom is -0.317 e. The van der Waals surface area contributed by atoms with Crippen molar-refractivity contribution in [2.24, 2.45) is 5.92 Å². The number of nitrogens with zero attached hydrogens (tertiary/aromatic N) is 1. The molecule has 1 fully saturated rings. The zero-order valence-electron chi connectivity index (χ0n) is 17.6. The molecule has 34 heavy (non-hydrogen) atoms. The quantitative estimate of drug-likeness (QED) is 0.328. The Kier molecular flexibility index (Phi) is 6.88. The van der Waals surface area contributed by atoms with E-state index in [-0.39, 0.29) is 11.3 Å². The van der Waals surface area contributed by atoms with Crippen LogP contribution in [0.1, 0.15) is 26.7 Å². The number of hydrogen-bond acceptors (Lipinski definition) is 3. The summed E-state index contributed by atoms with van der Waals surface area (Å²) >= 11 is 26.1. The lowest BCUT2D eigenvalue weighted by atomic mass is 10.1. The molecular formula is C23H16Cl4F2N2O2S. The second-order valence-corrected chi connectivity index (χ2v) is 11.4. The summed E-state index contributed by atoms with van der Waals surface area (Å²) in [6.45, 7) is 1.70. The standard InChI is InChI=1S/C23H16Cl4F2N2O2S/c1-10-15(22(33)31(2)17-4-3-14(28)8-16(17)29)9-18(34-10)30-21(32)20-19(23(20,26)27)11-5-12(24)7-13(25)6-11/h3-9,19-20H,1-2H3,(H,30,32). The van der Waals surface area contributed by atoms with Gasteiger partial charge in [-0.05, 0) is 48.9 Å². The van der Waals surface area contributed by atoms with E-state index >= 15 is 0 Å². The second-order valence-electron chi connectivity index (χ2n) is 7.86. The Morgan fingerprint density at radius 3 is 2.32 bits per heavy atom. The summed E-state index contributed by atoms with van der Waals surface area (Å²) < 4.78 is 26.0. The molecule has 1 aliphatic carbocycles. The zero-order valence-corrected chi connectivity index (χ0v) is 21.5. The van der Waals surface area contributed by atoms with Gasteiger partial charge >= 0.3 is 0 Å². The predicted octanol–water partition coefficient (Wildman–Crippen LogP) is 7.44. The smallest absolute Gasteiger partial charge is 0.259 e. The van der Waals surface area contributed by atoms with E-state index in [9.17, 15) is 18.4 Å². The van der Waals surface area contributed by atoms with Crippen LogP contribution in [0.5, 0.6) is 0 Å². The number of nitrogens with one attached hydrogen (secondary N) is 1. The Hall–Kier alpha value is -1.90. The van der Waals surface area contributed by atoms with Crippen LogP contribution in [0, 0.1) is 24.5 Å². The Morgan fingerprint density at radius 2 is 1.71 bits per heavy atom. The highest BCUT2D eigenvalue weighted by atomic mass is 35.5. The molecule has 11 heteroatoms. The normalized spacial score (nSPS) is 18.5. The highest BCUT2D eigenvalue weighted by molar-refractivity contribution is 7.16. The maximum absolute atomic E-state index is 14.1. The summed E-state index contributed by atoms with van der Waals surface area (Å²) in [5.41, 5.74) is 0.838. The summed E-state index contributed by atoms with van der Waals surface area (Å²) in [5, 5.41) is 3.95. The highest BCUT2D eigenvalue weighted by Crippen LogP contribution is 2.65. The summed E-state index contributed by atoms with van der Waals surface area (Å²) in [4.78, 5) is 27.6. The molecule has 4 nitrogen and oxygen atoms in total. The molecule has 2 aromatic carbocycles. The lowest BCUT2D eigenvalue weighted by Gasteiger charge is -2.17. The molecule has 2 amide bonds. The third-order valence-corrected chi connectivity index (χ3v) is 7.89. The van der Waals surface area contributed by atoms with Crippen LogP contribution in [-0.2, 0) is 4.79 Å². The average molecular weight is 564 g/mol. The van der Waals surface area contributed by atoms with Gasteiger partial charge in [0.05, 0.1) is 22.2 Å². The molecule has 178 valence electrons. The van der Waals surface area contributed by atoms with Crippen molar-refractivity contribution in [1.29, 1.82) is 0 Å². The Balaban J connectivity index is 1.51. The Morgan fingerprint density at radius 1 is 1.06 bits per heavy atom. The minimum atomic E-state index is -1.34. The minimum absolute atomic E-state index is 0.0716. The van der Waals surface area contributed by atoms with Crippen LogP contribution in [0.15, 0.2) is 42.5 Å². The number of amides is 2. The number of carbonyl (C=O) groups is 2. The number of alkyl halides is 2. The molecule has 0 spiro atoms. The van der Waals surface area contributed by atoms with Crippen LogP contribution in [0.4, 0.5) is 19.5 Å². The van der Waals surface area contributed by atoms with Gasteiger partial charge in [0.1, 0.15) is 16.0 Å². The molecule has 1 aliphatic rings. The van der Waals surface area contributed by atoms with E-state index in [0.717, 1.165) is 11.0 Å². The Labute approximate surface area is 218 Å². The number of carbonyl (C=O) groups excluding carboxylic acids is 2. The number of aryl methyl sites for hydroxylation is 1. The van der Waals surface area contributed by atoms with Gasteiger partial charge in [0, 0.05) is 34.0 Å². The van der Waals surface area contributed by atoms with Crippen LogP contribution < -0.4 is 10.2 Å². The third kappa shape index (κ3) is 4.77. The first-order valence-corrected chi connectivity index (χ1v) is 12.2. The molecular weight excluding hydrogens is 548 g/mol. The number of hydrogen-bond donors (Lipinski definition) is 1. The van der Waals surface area contributed by atoms with Gasteiger partial charge in [0.15, 0.2) is 0 Å². The summed E-state index contributed by atoms with van der Waals surface area (Å²) in [6, 6.07) is 9.32. The number of thiophene rings is 1. The second kappa shape index (κ2) is 9.28. The monoisotopic (exact) mass is 562 g/mol. The summed E-state index contributed by atoms with van der Waals surface area (Å²) in [6.07, 6.45) is 0. The molecule has 1 N–H and O–H groups in total. The van der Waals surface area contributed by atoms with Crippen molar-refractivity contribution >= 4 is 80.2 Å². The molecule has 0 radical (unpaired) electrons. The molecule has 3 aromatic rings. The van der Waals surface area contributed by atoms with Crippen LogP contribution in [0.3, 0.4) is 0 Å². The van der Waals surface area contributed by atoms with Crippen LogP contribution in [0.25, 0.3) is 0 Å². The van der Waals surface area contributed by atoms with E-state index in [4.69, 9.17) is 46.4 Å². The fourth-order valence-electron chi connectivity index (χ4n) is 3.82. The van der Waals surface area contributed by atoms with Crippen LogP contribution in [-0.4, -0.2) is 23.2 Å². The topological polar surface area (TPSA) is 49.4 Å². The average Bonchev–Trinajstić information content (AvgIpc) is 3.13. The molecule has 0 bridgehead atoms. The maximum atomic E-state index is 14.1. The van der Waals surface area contributed by atoms with Crippen molar-refractivity contribution in [3.05, 3.63) is 80.1 Å². The van der Waals surface area contributed by atoms with Crippen molar-refractivity contribution in [1.82, 2.24) is 0 Å². The lowest BCUT2D eigenvalue weighted by molar-refractivity contribution is -0.117. The highest BCUT2D eigenvalue weighted by Gasteiger charge is 2.67. The SMILES string of the molecule is Cc1sc(NC(=O)C2C(c3cc(Cl)cc(Cl)c3)C2(Cl)Cl)cc1C(=O)N(C)c1ccc(F)cc1F. The first-order chi connectivity index (χ1) is 15.9. The van der Waals surface area contributed by atoms with Gasteiger partial charge in [-0.2, -0.15) is 0 Å². The third-order valence-electron chi connectivity index (χ3n) is 5.55. The largest absolute Gasteiger partial charge is 0.317 e. The van der Waals surface area contributed by atoms with E-state index in [1.165, 1.54) is 30.5 Å². The molecule has 2 unspecified atom stereocenters. The van der Waals surface area contributed by atoms with Crippen molar-refractivity contribution in [3.63, 3.8) is 0 Å². The number of anilines is 2.